The average molecular weight is 341 g/mol. The maximum absolute atomic E-state index is 12.6. The summed E-state index contributed by atoms with van der Waals surface area (Å²) in [5.74, 6) is 0.427. The lowest BCUT2D eigenvalue weighted by Crippen LogP contribution is -2.38. The second-order valence-corrected chi connectivity index (χ2v) is 6.35. The predicted molar refractivity (Wildman–Crippen MR) is 76.1 cm³/mol. The van der Waals surface area contributed by atoms with E-state index in [-0.39, 0.29) is 11.5 Å². The van der Waals surface area contributed by atoms with Crippen LogP contribution < -0.4 is 5.32 Å². The molecule has 3 heteroatoms. The summed E-state index contributed by atoms with van der Waals surface area (Å²) in [4.78, 5) is 12.6. The third-order valence-electron chi connectivity index (χ3n) is 4.00. The fourth-order valence-electron chi connectivity index (χ4n) is 2.81. The topological polar surface area (TPSA) is 29.1 Å². The highest BCUT2D eigenvalue weighted by Crippen LogP contribution is 2.50. The number of nitrogens with one attached hydrogen (secondary N) is 1. The first-order valence-corrected chi connectivity index (χ1v) is 7.34. The Bertz CT molecular complexity index is 430. The molecule has 1 N–H and O–H groups in total. The lowest BCUT2D eigenvalue weighted by atomic mass is 9.87. The highest BCUT2D eigenvalue weighted by Gasteiger charge is 2.53. The highest BCUT2D eigenvalue weighted by atomic mass is 127. The van der Waals surface area contributed by atoms with Gasteiger partial charge in [0.1, 0.15) is 0 Å². The maximum atomic E-state index is 12.6. The minimum absolute atomic E-state index is 0.108. The van der Waals surface area contributed by atoms with Crippen molar-refractivity contribution in [3.63, 3.8) is 0 Å². The summed E-state index contributed by atoms with van der Waals surface area (Å²) >= 11 is 2.30. The van der Waals surface area contributed by atoms with Crippen LogP contribution in [0.3, 0.4) is 0 Å². The van der Waals surface area contributed by atoms with Gasteiger partial charge in [-0.15, -0.1) is 0 Å². The van der Waals surface area contributed by atoms with Crippen LogP contribution >= 0.6 is 22.6 Å². The minimum Gasteiger partial charge on any atom is -0.307 e. The number of ketones is 1. The Labute approximate surface area is 115 Å². The van der Waals surface area contributed by atoms with E-state index >= 15 is 0 Å². The molecule has 1 heterocycles. The summed E-state index contributed by atoms with van der Waals surface area (Å²) in [6, 6.07) is 8.57. The van der Waals surface area contributed by atoms with E-state index < -0.39 is 0 Å². The molecule has 0 radical (unpaired) electrons. The Morgan fingerprint density at radius 2 is 2.00 bits per heavy atom. The molecule has 2 nitrogen and oxygen atoms in total. The first-order chi connectivity index (χ1) is 8.22. The number of halogens is 1. The second-order valence-electron chi connectivity index (χ2n) is 5.10. The number of benzene rings is 1. The van der Waals surface area contributed by atoms with Gasteiger partial charge in [0, 0.05) is 3.57 Å². The van der Waals surface area contributed by atoms with Gasteiger partial charge in [-0.25, -0.2) is 0 Å². The SMILES string of the molecule is O=C(C1CCCN1)C1(c2ccc(I)cc2)CC1. The number of rotatable bonds is 3. The van der Waals surface area contributed by atoms with Crippen molar-refractivity contribution in [2.24, 2.45) is 0 Å². The fraction of sp³-hybridized carbons (Fsp3) is 0.500. The lowest BCUT2D eigenvalue weighted by molar-refractivity contribution is -0.123. The minimum atomic E-state index is -0.146. The Morgan fingerprint density at radius 1 is 1.29 bits per heavy atom. The largest absolute Gasteiger partial charge is 0.307 e. The van der Waals surface area contributed by atoms with Crippen molar-refractivity contribution in [1.29, 1.82) is 0 Å². The van der Waals surface area contributed by atoms with E-state index in [0.29, 0.717) is 5.78 Å². The van der Waals surface area contributed by atoms with Crippen molar-refractivity contribution in [3.8, 4) is 0 Å². The quantitative estimate of drug-likeness (QED) is 0.857. The average Bonchev–Trinajstić information content (AvgIpc) is 2.97. The third kappa shape index (κ3) is 2.03. The second kappa shape index (κ2) is 4.35. The molecule has 1 unspecified atom stereocenters. The van der Waals surface area contributed by atoms with E-state index in [0.717, 1.165) is 32.2 Å². The van der Waals surface area contributed by atoms with Crippen molar-refractivity contribution in [1.82, 2.24) is 5.32 Å². The van der Waals surface area contributed by atoms with Crippen molar-refractivity contribution in [3.05, 3.63) is 33.4 Å². The van der Waals surface area contributed by atoms with E-state index in [1.54, 1.807) is 0 Å². The molecule has 0 amide bonds. The zero-order valence-corrected chi connectivity index (χ0v) is 11.9. The third-order valence-corrected chi connectivity index (χ3v) is 4.71. The molecule has 1 aromatic carbocycles. The smallest absolute Gasteiger partial charge is 0.160 e. The molecule has 2 aliphatic rings. The van der Waals surface area contributed by atoms with E-state index in [4.69, 9.17) is 0 Å². The van der Waals surface area contributed by atoms with Crippen LogP contribution in [0.4, 0.5) is 0 Å². The highest BCUT2D eigenvalue weighted by molar-refractivity contribution is 14.1. The van der Waals surface area contributed by atoms with Crippen molar-refractivity contribution in [2.45, 2.75) is 37.1 Å². The van der Waals surface area contributed by atoms with Gasteiger partial charge in [-0.05, 0) is 72.5 Å². The molecule has 1 aliphatic carbocycles. The number of carbonyl (C=O) groups excluding carboxylic acids is 1. The molecule has 2 fully saturated rings. The number of hydrogen-bond acceptors (Lipinski definition) is 2. The van der Waals surface area contributed by atoms with Crippen molar-refractivity contribution < 1.29 is 4.79 Å². The molecule has 3 rings (SSSR count). The molecule has 1 atom stereocenters. The fourth-order valence-corrected chi connectivity index (χ4v) is 3.17. The van der Waals surface area contributed by atoms with Crippen LogP contribution in [0.25, 0.3) is 0 Å². The van der Waals surface area contributed by atoms with Crippen molar-refractivity contribution >= 4 is 28.4 Å². The van der Waals surface area contributed by atoms with E-state index in [1.165, 1.54) is 9.13 Å². The van der Waals surface area contributed by atoms with Crippen LogP contribution in [0.2, 0.25) is 0 Å². The molecular formula is C14H16INO. The van der Waals surface area contributed by atoms with Gasteiger partial charge in [0.25, 0.3) is 0 Å². The number of hydrogen-bond donors (Lipinski definition) is 1. The van der Waals surface area contributed by atoms with E-state index in [9.17, 15) is 4.79 Å². The molecule has 1 saturated heterocycles. The molecule has 1 saturated carbocycles. The Morgan fingerprint density at radius 3 is 2.53 bits per heavy atom. The molecule has 1 aliphatic heterocycles. The van der Waals surface area contributed by atoms with Gasteiger partial charge >= 0.3 is 0 Å². The monoisotopic (exact) mass is 341 g/mol. The van der Waals surface area contributed by atoms with Crippen LogP contribution in [0.5, 0.6) is 0 Å². The zero-order valence-electron chi connectivity index (χ0n) is 9.71. The maximum Gasteiger partial charge on any atom is 0.160 e. The molecule has 0 bridgehead atoms. The first-order valence-electron chi connectivity index (χ1n) is 6.26. The summed E-state index contributed by atoms with van der Waals surface area (Å²) in [7, 11) is 0. The van der Waals surface area contributed by atoms with Gasteiger partial charge in [0.15, 0.2) is 5.78 Å². The lowest BCUT2D eigenvalue weighted by Gasteiger charge is -2.19. The van der Waals surface area contributed by atoms with E-state index in [1.807, 2.05) is 0 Å². The van der Waals surface area contributed by atoms with Crippen LogP contribution in [-0.2, 0) is 10.2 Å². The molecule has 0 aromatic heterocycles. The molecule has 0 spiro atoms. The van der Waals surface area contributed by atoms with Crippen LogP contribution in [0.1, 0.15) is 31.2 Å². The molecule has 17 heavy (non-hydrogen) atoms. The zero-order chi connectivity index (χ0) is 11.9. The Kier molecular flexibility index (Phi) is 2.99. The van der Waals surface area contributed by atoms with Gasteiger partial charge in [-0.3, -0.25) is 4.79 Å². The Hall–Kier alpha value is -0.420. The first kappa shape index (κ1) is 11.7. The van der Waals surface area contributed by atoms with Crippen LogP contribution in [0.15, 0.2) is 24.3 Å². The van der Waals surface area contributed by atoms with E-state index in [2.05, 4.69) is 52.2 Å². The van der Waals surface area contributed by atoms with Crippen LogP contribution in [0, 0.1) is 3.57 Å². The summed E-state index contributed by atoms with van der Waals surface area (Å²) in [6.07, 6.45) is 4.22. The van der Waals surface area contributed by atoms with Crippen LogP contribution in [-0.4, -0.2) is 18.4 Å². The predicted octanol–water partition coefficient (Wildman–Crippen LogP) is 2.64. The van der Waals surface area contributed by atoms with Gasteiger partial charge in [0.2, 0.25) is 0 Å². The summed E-state index contributed by atoms with van der Waals surface area (Å²) < 4.78 is 1.23. The van der Waals surface area contributed by atoms with Gasteiger partial charge < -0.3 is 5.32 Å². The summed E-state index contributed by atoms with van der Waals surface area (Å²) in [5, 5.41) is 3.33. The molecular weight excluding hydrogens is 325 g/mol. The standard InChI is InChI=1S/C14H16INO/c15-11-5-3-10(4-6-11)14(7-8-14)13(17)12-2-1-9-16-12/h3-6,12,16H,1-2,7-9H2. The van der Waals surface area contributed by atoms with Crippen molar-refractivity contribution in [2.75, 3.05) is 6.54 Å². The van der Waals surface area contributed by atoms with Gasteiger partial charge in [-0.2, -0.15) is 0 Å². The van der Waals surface area contributed by atoms with Gasteiger partial charge in [-0.1, -0.05) is 12.1 Å². The molecule has 1 aromatic rings. The Balaban J connectivity index is 1.85. The molecule has 90 valence electrons. The van der Waals surface area contributed by atoms with Gasteiger partial charge in [0.05, 0.1) is 11.5 Å². The summed E-state index contributed by atoms with van der Waals surface area (Å²) in [5.41, 5.74) is 1.07. The normalized spacial score (nSPS) is 25.8. The number of Topliss-reactive ketones (excluding diaryl/α,β-unsaturated/α-hetero) is 1. The number of carbonyl (C=O) groups is 1. The summed E-state index contributed by atoms with van der Waals surface area (Å²) in [6.45, 7) is 0.999.